The Morgan fingerprint density at radius 3 is 2.32 bits per heavy atom. The Labute approximate surface area is 142 Å². The fourth-order valence-corrected chi connectivity index (χ4v) is 2.67. The molecule has 0 aliphatic carbocycles. The van der Waals surface area contributed by atoms with Crippen molar-refractivity contribution < 1.29 is 27.1 Å². The van der Waals surface area contributed by atoms with Gasteiger partial charge >= 0.3 is 12.1 Å². The van der Waals surface area contributed by atoms with Crippen molar-refractivity contribution in [2.45, 2.75) is 19.5 Å². The summed E-state index contributed by atoms with van der Waals surface area (Å²) in [6.07, 6.45) is -4.02. The first-order valence-corrected chi connectivity index (χ1v) is 7.66. The maximum atomic E-state index is 13.4. The molecule has 2 aromatic carbocycles. The second-order valence-electron chi connectivity index (χ2n) is 5.58. The van der Waals surface area contributed by atoms with E-state index in [0.717, 1.165) is 6.07 Å². The van der Waals surface area contributed by atoms with E-state index < -0.39 is 17.7 Å². The number of hydrogen-bond donors (Lipinski definition) is 0. The second kappa shape index (κ2) is 6.27. The maximum absolute atomic E-state index is 13.4. The minimum Gasteiger partial charge on any atom is -0.465 e. The van der Waals surface area contributed by atoms with E-state index >= 15 is 0 Å². The molecule has 0 aliphatic heterocycles. The summed E-state index contributed by atoms with van der Waals surface area (Å²) >= 11 is 0. The van der Waals surface area contributed by atoms with E-state index in [0.29, 0.717) is 34.3 Å². The molecule has 0 radical (unpaired) electrons. The summed E-state index contributed by atoms with van der Waals surface area (Å²) in [5, 5.41) is 0.402. The average Bonchev–Trinajstić information content (AvgIpc) is 3.02. The lowest BCUT2D eigenvalue weighted by molar-refractivity contribution is -0.136. The van der Waals surface area contributed by atoms with Crippen LogP contribution in [0.5, 0.6) is 0 Å². The van der Waals surface area contributed by atoms with Crippen LogP contribution in [0, 0.1) is 0 Å². The molecule has 0 amide bonds. The lowest BCUT2D eigenvalue weighted by atomic mass is 9.99. The molecule has 0 bridgehead atoms. The normalized spacial score (nSPS) is 11.7. The zero-order valence-electron chi connectivity index (χ0n) is 13.6. The predicted octanol–water partition coefficient (Wildman–Crippen LogP) is 5.47. The molecule has 6 heteroatoms. The van der Waals surface area contributed by atoms with Gasteiger partial charge in [0.05, 0.1) is 18.2 Å². The molecule has 0 fully saturated rings. The Hall–Kier alpha value is -2.76. The van der Waals surface area contributed by atoms with E-state index in [1.165, 1.54) is 19.2 Å². The van der Waals surface area contributed by atoms with Crippen molar-refractivity contribution >= 4 is 16.9 Å². The fraction of sp³-hybridized carbons (Fsp3) is 0.211. The number of carbonyl (C=O) groups is 1. The number of fused-ring (bicyclic) bond motifs is 1. The van der Waals surface area contributed by atoms with Crippen LogP contribution in [0.3, 0.4) is 0 Å². The highest BCUT2D eigenvalue weighted by Crippen LogP contribution is 2.39. The number of aryl methyl sites for hydroxylation is 1. The largest absolute Gasteiger partial charge is 0.465 e. The lowest BCUT2D eigenvalue weighted by Crippen LogP contribution is -2.05. The highest BCUT2D eigenvalue weighted by atomic mass is 19.4. The van der Waals surface area contributed by atoms with Crippen molar-refractivity contribution in [3.8, 4) is 11.1 Å². The van der Waals surface area contributed by atoms with Gasteiger partial charge in [-0.15, -0.1) is 0 Å². The summed E-state index contributed by atoms with van der Waals surface area (Å²) in [4.78, 5) is 11.5. The van der Waals surface area contributed by atoms with Crippen LogP contribution in [0.1, 0.15) is 28.6 Å². The van der Waals surface area contributed by atoms with Gasteiger partial charge in [0.25, 0.3) is 0 Å². The van der Waals surface area contributed by atoms with Crippen molar-refractivity contribution in [3.63, 3.8) is 0 Å². The first kappa shape index (κ1) is 17.1. The molecule has 0 saturated carbocycles. The third-order valence-electron chi connectivity index (χ3n) is 3.96. The molecule has 0 saturated heterocycles. The van der Waals surface area contributed by atoms with Gasteiger partial charge in [-0.2, -0.15) is 13.2 Å². The van der Waals surface area contributed by atoms with Gasteiger partial charge in [-0.3, -0.25) is 0 Å². The number of carbonyl (C=O) groups excluding carboxylic acids is 1. The molecule has 3 rings (SSSR count). The van der Waals surface area contributed by atoms with Crippen LogP contribution in [0.15, 0.2) is 46.9 Å². The SMILES string of the molecule is CCc1cc2cc(-c3ccc(C(=O)OC)cc3)cc(C(F)(F)F)c2o1. The number of benzene rings is 2. The number of esters is 1. The molecule has 1 heterocycles. The van der Waals surface area contributed by atoms with Crippen LogP contribution in [0.4, 0.5) is 13.2 Å². The molecule has 0 aliphatic rings. The average molecular weight is 348 g/mol. The minimum absolute atomic E-state index is 0.153. The summed E-state index contributed by atoms with van der Waals surface area (Å²) in [6.45, 7) is 1.82. The van der Waals surface area contributed by atoms with Gasteiger partial charge in [0, 0.05) is 11.8 Å². The first-order valence-electron chi connectivity index (χ1n) is 7.66. The van der Waals surface area contributed by atoms with Crippen molar-refractivity contribution in [1.29, 1.82) is 0 Å². The smallest absolute Gasteiger partial charge is 0.420 e. The van der Waals surface area contributed by atoms with Crippen LogP contribution in [0.2, 0.25) is 0 Å². The van der Waals surface area contributed by atoms with Crippen molar-refractivity contribution in [1.82, 2.24) is 0 Å². The standard InChI is InChI=1S/C19H15F3O3/c1-3-15-9-14-8-13(10-16(17(14)25-15)19(20,21)22)11-4-6-12(7-5-11)18(23)24-2/h4-10H,3H2,1-2H3. The van der Waals surface area contributed by atoms with Crippen LogP contribution >= 0.6 is 0 Å². The van der Waals surface area contributed by atoms with Gasteiger partial charge in [0.2, 0.25) is 0 Å². The number of ether oxygens (including phenoxy) is 1. The molecule has 0 spiro atoms. The number of rotatable bonds is 3. The zero-order chi connectivity index (χ0) is 18.2. The fourth-order valence-electron chi connectivity index (χ4n) is 2.67. The molecule has 0 N–H and O–H groups in total. The van der Waals surface area contributed by atoms with Crippen LogP contribution in [0.25, 0.3) is 22.1 Å². The molecule has 1 aromatic heterocycles. The third-order valence-corrected chi connectivity index (χ3v) is 3.96. The Bertz CT molecular complexity index is 921. The van der Waals surface area contributed by atoms with Crippen LogP contribution in [-0.4, -0.2) is 13.1 Å². The third kappa shape index (κ3) is 3.24. The number of halogens is 3. The molecular weight excluding hydrogens is 333 g/mol. The second-order valence-corrected chi connectivity index (χ2v) is 5.58. The van der Waals surface area contributed by atoms with Gasteiger partial charge in [-0.25, -0.2) is 4.79 Å². The molecule has 0 atom stereocenters. The summed E-state index contributed by atoms with van der Waals surface area (Å²) in [6, 6.07) is 10.6. The highest BCUT2D eigenvalue weighted by molar-refractivity contribution is 5.91. The molecule has 0 unspecified atom stereocenters. The van der Waals surface area contributed by atoms with E-state index in [4.69, 9.17) is 4.42 Å². The van der Waals surface area contributed by atoms with Crippen LogP contribution in [-0.2, 0) is 17.3 Å². The minimum atomic E-state index is -4.52. The molecule has 3 nitrogen and oxygen atoms in total. The topological polar surface area (TPSA) is 39.4 Å². The van der Waals surface area contributed by atoms with E-state index in [1.54, 1.807) is 24.3 Å². The number of hydrogen-bond acceptors (Lipinski definition) is 3. The van der Waals surface area contributed by atoms with Crippen molar-refractivity contribution in [2.75, 3.05) is 7.11 Å². The quantitative estimate of drug-likeness (QED) is 0.589. The number of alkyl halides is 3. The predicted molar refractivity (Wildman–Crippen MR) is 87.4 cm³/mol. The van der Waals surface area contributed by atoms with Gasteiger partial charge in [-0.1, -0.05) is 19.1 Å². The van der Waals surface area contributed by atoms with Crippen molar-refractivity contribution in [3.05, 3.63) is 59.4 Å². The first-order chi connectivity index (χ1) is 11.8. The molecule has 130 valence electrons. The Morgan fingerprint density at radius 2 is 1.76 bits per heavy atom. The van der Waals surface area contributed by atoms with Crippen molar-refractivity contribution in [2.24, 2.45) is 0 Å². The Kier molecular flexibility index (Phi) is 4.29. The monoisotopic (exact) mass is 348 g/mol. The summed E-state index contributed by atoms with van der Waals surface area (Å²) < 4.78 is 50.2. The maximum Gasteiger partial charge on any atom is 0.420 e. The summed E-state index contributed by atoms with van der Waals surface area (Å²) in [5.41, 5.74) is 0.343. The van der Waals surface area contributed by atoms with Gasteiger partial charge < -0.3 is 9.15 Å². The van der Waals surface area contributed by atoms with Crippen LogP contribution < -0.4 is 0 Å². The molecule has 25 heavy (non-hydrogen) atoms. The number of furan rings is 1. The summed E-state index contributed by atoms with van der Waals surface area (Å²) in [7, 11) is 1.27. The van der Waals surface area contributed by atoms with Gasteiger partial charge in [-0.05, 0) is 41.5 Å². The zero-order valence-corrected chi connectivity index (χ0v) is 13.6. The molecular formula is C19H15F3O3. The Balaban J connectivity index is 2.14. The lowest BCUT2D eigenvalue weighted by Gasteiger charge is -2.10. The van der Waals surface area contributed by atoms with E-state index in [1.807, 2.05) is 6.92 Å². The van der Waals surface area contributed by atoms with Gasteiger partial charge in [0.1, 0.15) is 11.3 Å². The molecule has 3 aromatic rings. The van der Waals surface area contributed by atoms with E-state index in [9.17, 15) is 18.0 Å². The van der Waals surface area contributed by atoms with Gasteiger partial charge in [0.15, 0.2) is 0 Å². The Morgan fingerprint density at radius 1 is 1.08 bits per heavy atom. The summed E-state index contributed by atoms with van der Waals surface area (Å²) in [5.74, 6) is -0.000839. The van der Waals surface area contributed by atoms with E-state index in [2.05, 4.69) is 4.74 Å². The van der Waals surface area contributed by atoms with E-state index in [-0.39, 0.29) is 5.58 Å². The highest BCUT2D eigenvalue weighted by Gasteiger charge is 2.35. The number of methoxy groups -OCH3 is 1.